The van der Waals surface area contributed by atoms with E-state index in [1.54, 1.807) is 31.4 Å². The average molecular weight is 234 g/mol. The Morgan fingerprint density at radius 1 is 1.41 bits per heavy atom. The van der Waals surface area contributed by atoms with Crippen LogP contribution in [0.4, 0.5) is 0 Å². The van der Waals surface area contributed by atoms with E-state index in [0.29, 0.717) is 23.7 Å². The first-order valence-electron chi connectivity index (χ1n) is 5.34. The van der Waals surface area contributed by atoms with Crippen LogP contribution in [0.2, 0.25) is 0 Å². The predicted octanol–water partition coefficient (Wildman–Crippen LogP) is 2.02. The van der Waals surface area contributed by atoms with Crippen molar-refractivity contribution in [2.24, 2.45) is 0 Å². The largest absolute Gasteiger partial charge is 0.507 e. The lowest BCUT2D eigenvalue weighted by Gasteiger charge is -2.03. The Bertz CT molecular complexity index is 496. The highest BCUT2D eigenvalue weighted by molar-refractivity contribution is 5.61. The van der Waals surface area contributed by atoms with Gasteiger partial charge in [0.05, 0.1) is 11.7 Å². The Kier molecular flexibility index (Phi) is 3.39. The second-order valence-electron chi connectivity index (χ2n) is 3.78. The first kappa shape index (κ1) is 11.6. The van der Waals surface area contributed by atoms with Crippen molar-refractivity contribution in [1.29, 1.82) is 0 Å². The van der Waals surface area contributed by atoms with Gasteiger partial charge in [-0.05, 0) is 19.1 Å². The number of rotatable bonds is 4. The van der Waals surface area contributed by atoms with E-state index < -0.39 is 0 Å². The molecule has 0 aliphatic rings. The monoisotopic (exact) mass is 234 g/mol. The SMILES string of the molecule is COC(C)Cc1noc(-c2ccccc2O)n1. The predicted molar refractivity (Wildman–Crippen MR) is 61.6 cm³/mol. The summed E-state index contributed by atoms with van der Waals surface area (Å²) in [5.74, 6) is 1.02. The summed E-state index contributed by atoms with van der Waals surface area (Å²) in [6, 6.07) is 6.85. The third kappa shape index (κ3) is 2.62. The molecule has 0 spiro atoms. The summed E-state index contributed by atoms with van der Waals surface area (Å²) in [6.45, 7) is 1.93. The van der Waals surface area contributed by atoms with Crippen molar-refractivity contribution in [3.63, 3.8) is 0 Å². The number of para-hydroxylation sites is 1. The molecule has 1 N–H and O–H groups in total. The van der Waals surface area contributed by atoms with Crippen molar-refractivity contribution in [2.75, 3.05) is 7.11 Å². The molecule has 1 aromatic heterocycles. The standard InChI is InChI=1S/C12H14N2O3/c1-8(16-2)7-11-13-12(17-14-11)9-5-3-4-6-10(9)15/h3-6,8,15H,7H2,1-2H3. The lowest BCUT2D eigenvalue weighted by atomic mass is 10.2. The highest BCUT2D eigenvalue weighted by atomic mass is 16.5. The summed E-state index contributed by atoms with van der Waals surface area (Å²) in [6.07, 6.45) is 0.609. The molecule has 2 aromatic rings. The third-order valence-electron chi connectivity index (χ3n) is 2.47. The molecule has 0 aliphatic heterocycles. The Balaban J connectivity index is 2.21. The summed E-state index contributed by atoms with van der Waals surface area (Å²) >= 11 is 0. The zero-order valence-corrected chi connectivity index (χ0v) is 9.75. The van der Waals surface area contributed by atoms with Gasteiger partial charge >= 0.3 is 0 Å². The fourth-order valence-corrected chi connectivity index (χ4v) is 1.44. The molecule has 1 aromatic carbocycles. The number of hydrogen-bond donors (Lipinski definition) is 1. The maximum Gasteiger partial charge on any atom is 0.261 e. The van der Waals surface area contributed by atoms with Gasteiger partial charge in [-0.3, -0.25) is 0 Å². The Hall–Kier alpha value is -1.88. The molecule has 2 rings (SSSR count). The fourth-order valence-electron chi connectivity index (χ4n) is 1.44. The van der Waals surface area contributed by atoms with Crippen LogP contribution in [-0.4, -0.2) is 28.5 Å². The third-order valence-corrected chi connectivity index (χ3v) is 2.47. The minimum atomic E-state index is 0.0322. The van der Waals surface area contributed by atoms with Crippen LogP contribution in [0.3, 0.4) is 0 Å². The molecule has 1 heterocycles. The number of nitrogens with zero attached hydrogens (tertiary/aromatic N) is 2. The second kappa shape index (κ2) is 4.97. The molecule has 0 saturated carbocycles. The Morgan fingerprint density at radius 3 is 2.88 bits per heavy atom. The summed E-state index contributed by atoms with van der Waals surface area (Å²) in [5.41, 5.74) is 0.538. The highest BCUT2D eigenvalue weighted by Gasteiger charge is 2.13. The average Bonchev–Trinajstić information content (AvgIpc) is 2.78. The van der Waals surface area contributed by atoms with Crippen molar-refractivity contribution < 1.29 is 14.4 Å². The van der Waals surface area contributed by atoms with E-state index in [0.717, 1.165) is 0 Å². The Morgan fingerprint density at radius 2 is 2.18 bits per heavy atom. The molecule has 1 unspecified atom stereocenters. The molecule has 5 nitrogen and oxygen atoms in total. The molecular formula is C12H14N2O3. The van der Waals surface area contributed by atoms with Crippen molar-refractivity contribution in [3.8, 4) is 17.2 Å². The minimum Gasteiger partial charge on any atom is -0.507 e. The highest BCUT2D eigenvalue weighted by Crippen LogP contribution is 2.26. The van der Waals surface area contributed by atoms with Gasteiger partial charge in [0.2, 0.25) is 0 Å². The molecular weight excluding hydrogens is 220 g/mol. The number of phenols is 1. The number of ether oxygens (including phenoxy) is 1. The number of benzene rings is 1. The Labute approximate surface area is 99.0 Å². The van der Waals surface area contributed by atoms with E-state index in [1.165, 1.54) is 0 Å². The van der Waals surface area contributed by atoms with Gasteiger partial charge in [0.15, 0.2) is 5.82 Å². The van der Waals surface area contributed by atoms with Crippen LogP contribution in [0.15, 0.2) is 28.8 Å². The number of hydrogen-bond acceptors (Lipinski definition) is 5. The van der Waals surface area contributed by atoms with Gasteiger partial charge in [-0.2, -0.15) is 4.98 Å². The summed E-state index contributed by atoms with van der Waals surface area (Å²) in [7, 11) is 1.63. The van der Waals surface area contributed by atoms with Crippen molar-refractivity contribution in [2.45, 2.75) is 19.4 Å². The quantitative estimate of drug-likeness (QED) is 0.876. The zero-order chi connectivity index (χ0) is 12.3. The number of methoxy groups -OCH3 is 1. The second-order valence-corrected chi connectivity index (χ2v) is 3.78. The molecule has 0 radical (unpaired) electrons. The summed E-state index contributed by atoms with van der Waals surface area (Å²) in [4.78, 5) is 4.21. The van der Waals surface area contributed by atoms with Crippen LogP contribution < -0.4 is 0 Å². The number of aromatic nitrogens is 2. The van der Waals surface area contributed by atoms with E-state index in [9.17, 15) is 5.11 Å². The van der Waals surface area contributed by atoms with Gasteiger partial charge in [-0.25, -0.2) is 0 Å². The molecule has 5 heteroatoms. The summed E-state index contributed by atoms with van der Waals surface area (Å²) < 4.78 is 10.2. The molecule has 0 fully saturated rings. The van der Waals surface area contributed by atoms with Gasteiger partial charge in [-0.15, -0.1) is 0 Å². The van der Waals surface area contributed by atoms with Gasteiger partial charge < -0.3 is 14.4 Å². The van der Waals surface area contributed by atoms with E-state index in [1.807, 2.05) is 6.92 Å². The van der Waals surface area contributed by atoms with Crippen molar-refractivity contribution in [3.05, 3.63) is 30.1 Å². The van der Waals surface area contributed by atoms with Gasteiger partial charge in [-0.1, -0.05) is 17.3 Å². The van der Waals surface area contributed by atoms with E-state index in [4.69, 9.17) is 9.26 Å². The molecule has 90 valence electrons. The van der Waals surface area contributed by atoms with Crippen LogP contribution in [-0.2, 0) is 11.2 Å². The minimum absolute atomic E-state index is 0.0322. The van der Waals surface area contributed by atoms with E-state index in [-0.39, 0.29) is 11.9 Å². The van der Waals surface area contributed by atoms with E-state index >= 15 is 0 Å². The molecule has 0 amide bonds. The van der Waals surface area contributed by atoms with Crippen molar-refractivity contribution in [1.82, 2.24) is 10.1 Å². The molecule has 0 aliphatic carbocycles. The molecule has 17 heavy (non-hydrogen) atoms. The lowest BCUT2D eigenvalue weighted by Crippen LogP contribution is -2.09. The van der Waals surface area contributed by atoms with Gasteiger partial charge in [0.25, 0.3) is 5.89 Å². The van der Waals surface area contributed by atoms with Crippen LogP contribution in [0.25, 0.3) is 11.5 Å². The van der Waals surface area contributed by atoms with Gasteiger partial charge in [0, 0.05) is 13.5 Å². The number of phenolic OH excluding ortho intramolecular Hbond substituents is 1. The van der Waals surface area contributed by atoms with Crippen LogP contribution in [0, 0.1) is 0 Å². The first-order chi connectivity index (χ1) is 8.20. The first-order valence-corrected chi connectivity index (χ1v) is 5.34. The normalized spacial score (nSPS) is 12.6. The van der Waals surface area contributed by atoms with Crippen LogP contribution >= 0.6 is 0 Å². The van der Waals surface area contributed by atoms with Gasteiger partial charge in [0.1, 0.15) is 5.75 Å². The maximum atomic E-state index is 9.65. The van der Waals surface area contributed by atoms with Crippen LogP contribution in [0.1, 0.15) is 12.7 Å². The number of aromatic hydroxyl groups is 1. The zero-order valence-electron chi connectivity index (χ0n) is 9.75. The maximum absolute atomic E-state index is 9.65. The fraction of sp³-hybridized carbons (Fsp3) is 0.333. The molecule has 0 bridgehead atoms. The smallest absolute Gasteiger partial charge is 0.261 e. The van der Waals surface area contributed by atoms with E-state index in [2.05, 4.69) is 10.1 Å². The summed E-state index contributed by atoms with van der Waals surface area (Å²) in [5, 5.41) is 13.5. The van der Waals surface area contributed by atoms with Crippen LogP contribution in [0.5, 0.6) is 5.75 Å². The lowest BCUT2D eigenvalue weighted by molar-refractivity contribution is 0.116. The van der Waals surface area contributed by atoms with Crippen molar-refractivity contribution >= 4 is 0 Å². The topological polar surface area (TPSA) is 68.4 Å². The molecule has 1 atom stereocenters. The molecule has 0 saturated heterocycles.